The molecule has 1 aromatic heterocycles. The van der Waals surface area contributed by atoms with Gasteiger partial charge in [0.2, 0.25) is 10.0 Å². The van der Waals surface area contributed by atoms with Gasteiger partial charge in [-0.25, -0.2) is 13.1 Å². The van der Waals surface area contributed by atoms with Crippen LogP contribution in [-0.4, -0.2) is 55.1 Å². The van der Waals surface area contributed by atoms with E-state index in [0.29, 0.717) is 29.4 Å². The van der Waals surface area contributed by atoms with Crippen molar-refractivity contribution in [1.82, 2.24) is 20.3 Å². The molecule has 0 spiro atoms. The molecule has 2 amide bonds. The summed E-state index contributed by atoms with van der Waals surface area (Å²) >= 11 is 0. The van der Waals surface area contributed by atoms with Crippen LogP contribution in [0.3, 0.4) is 0 Å². The summed E-state index contributed by atoms with van der Waals surface area (Å²) in [6, 6.07) is 8.59. The molecule has 1 saturated carbocycles. The van der Waals surface area contributed by atoms with Gasteiger partial charge in [-0.2, -0.15) is 0 Å². The number of hydrogen-bond donors (Lipinski definition) is 3. The maximum Gasteiger partial charge on any atom is 0.273 e. The Hall–Kier alpha value is -3.93. The highest BCUT2D eigenvalue weighted by atomic mass is 32.2. The lowest BCUT2D eigenvalue weighted by Gasteiger charge is -2.24. The fraction of sp³-hybridized carbons (Fsp3) is 0.448. The molecular weight excluding hydrogens is 544 g/mol. The van der Waals surface area contributed by atoms with Gasteiger partial charge in [0, 0.05) is 12.1 Å². The van der Waals surface area contributed by atoms with Crippen LogP contribution in [0.25, 0.3) is 5.69 Å². The Bertz CT molecular complexity index is 1550. The zero-order chi connectivity index (χ0) is 29.9. The number of aryl methyl sites for hydroxylation is 1. The summed E-state index contributed by atoms with van der Waals surface area (Å²) in [6.45, 7) is 8.45. The number of rotatable bonds is 9. The third-order valence-electron chi connectivity index (χ3n) is 7.17. The monoisotopic (exact) mass is 582 g/mol. The van der Waals surface area contributed by atoms with Crippen molar-refractivity contribution in [2.75, 3.05) is 29.9 Å². The normalized spacial score (nSPS) is 14.1. The van der Waals surface area contributed by atoms with E-state index in [9.17, 15) is 18.0 Å². The minimum Gasteiger partial charge on any atom is -0.492 e. The van der Waals surface area contributed by atoms with Gasteiger partial charge >= 0.3 is 0 Å². The van der Waals surface area contributed by atoms with Gasteiger partial charge in [0.15, 0.2) is 11.4 Å². The van der Waals surface area contributed by atoms with Crippen LogP contribution < -0.4 is 20.1 Å². The number of nitrogens with zero attached hydrogens (tertiary/aromatic N) is 3. The largest absolute Gasteiger partial charge is 0.492 e. The van der Waals surface area contributed by atoms with Crippen LogP contribution in [0.5, 0.6) is 5.75 Å². The first-order valence-corrected chi connectivity index (χ1v) is 15.5. The summed E-state index contributed by atoms with van der Waals surface area (Å²) in [5, 5.41) is 14.0. The van der Waals surface area contributed by atoms with Gasteiger partial charge in [-0.15, -0.1) is 5.10 Å². The summed E-state index contributed by atoms with van der Waals surface area (Å²) in [7, 11) is -2.20. The summed E-state index contributed by atoms with van der Waals surface area (Å²) in [5.41, 5.74) is 2.95. The van der Waals surface area contributed by atoms with Gasteiger partial charge < -0.3 is 15.4 Å². The van der Waals surface area contributed by atoms with Crippen molar-refractivity contribution in [2.45, 2.75) is 58.8 Å². The van der Waals surface area contributed by atoms with Crippen LogP contribution >= 0.6 is 0 Å². The molecule has 41 heavy (non-hydrogen) atoms. The van der Waals surface area contributed by atoms with Gasteiger partial charge in [0.05, 0.1) is 36.6 Å². The smallest absolute Gasteiger partial charge is 0.273 e. The van der Waals surface area contributed by atoms with Crippen molar-refractivity contribution in [3.8, 4) is 11.4 Å². The average molecular weight is 583 g/mol. The van der Waals surface area contributed by atoms with Gasteiger partial charge in [-0.3, -0.25) is 14.3 Å². The molecule has 0 bridgehead atoms. The molecule has 220 valence electrons. The molecule has 2 aromatic carbocycles. The molecule has 1 heterocycles. The second kappa shape index (κ2) is 11.9. The van der Waals surface area contributed by atoms with E-state index < -0.39 is 15.9 Å². The Morgan fingerprint density at radius 2 is 1.76 bits per heavy atom. The van der Waals surface area contributed by atoms with Crippen LogP contribution in [0.4, 0.5) is 11.4 Å². The fourth-order valence-electron chi connectivity index (χ4n) is 4.87. The molecule has 3 aromatic rings. The van der Waals surface area contributed by atoms with E-state index in [-0.39, 0.29) is 28.5 Å². The highest BCUT2D eigenvalue weighted by Crippen LogP contribution is 2.39. The number of hydrogen-bond acceptors (Lipinski definition) is 7. The highest BCUT2D eigenvalue weighted by molar-refractivity contribution is 7.92. The Labute approximate surface area is 241 Å². The Balaban J connectivity index is 1.59. The van der Waals surface area contributed by atoms with Crippen LogP contribution in [-0.2, 0) is 15.4 Å². The number of ether oxygens (including phenoxy) is 1. The maximum absolute atomic E-state index is 13.4. The van der Waals surface area contributed by atoms with Gasteiger partial charge in [0.1, 0.15) is 0 Å². The van der Waals surface area contributed by atoms with E-state index in [2.05, 4.69) is 25.7 Å². The molecule has 1 aliphatic carbocycles. The first kappa shape index (κ1) is 30.0. The molecule has 11 nitrogen and oxygen atoms in total. The number of carbonyl (C=O) groups is 2. The Morgan fingerprint density at radius 1 is 1.07 bits per heavy atom. The Kier molecular flexibility index (Phi) is 8.71. The standard InChI is InChI=1S/C29H38N6O5S/c1-18-11-12-20(13-25(18)35-17-24(32-34-35)28(37)30-16-19-9-7-8-10-19)27(36)31-22-14-21(29(2,3)4)15-23(26(22)40-5)33-41(6,38)39/h11-15,17,19,33H,7-10,16H2,1-6H3,(H,30,37)(H,31,36). The van der Waals surface area contributed by atoms with E-state index in [1.54, 1.807) is 36.5 Å². The van der Waals surface area contributed by atoms with Crippen LogP contribution in [0.15, 0.2) is 36.5 Å². The molecule has 0 saturated heterocycles. The van der Waals surface area contributed by atoms with Crippen molar-refractivity contribution in [3.05, 3.63) is 58.9 Å². The van der Waals surface area contributed by atoms with Crippen molar-refractivity contribution < 1.29 is 22.7 Å². The third-order valence-corrected chi connectivity index (χ3v) is 7.76. The summed E-state index contributed by atoms with van der Waals surface area (Å²) in [4.78, 5) is 26.1. The molecule has 0 aliphatic heterocycles. The molecule has 3 N–H and O–H groups in total. The molecule has 1 fully saturated rings. The van der Waals surface area contributed by atoms with Crippen molar-refractivity contribution >= 4 is 33.2 Å². The highest BCUT2D eigenvalue weighted by Gasteiger charge is 2.23. The second-order valence-corrected chi connectivity index (χ2v) is 13.3. The SMILES string of the molecule is COc1c(NC(=O)c2ccc(C)c(-n3cc(C(=O)NCC4CCCC4)nn3)c2)cc(C(C)(C)C)cc1NS(C)(=O)=O. The number of carbonyl (C=O) groups excluding carboxylic acids is 2. The van der Waals surface area contributed by atoms with Crippen molar-refractivity contribution in [3.63, 3.8) is 0 Å². The van der Waals surface area contributed by atoms with Gasteiger partial charge in [-0.1, -0.05) is 44.9 Å². The first-order valence-electron chi connectivity index (χ1n) is 13.6. The second-order valence-electron chi connectivity index (χ2n) is 11.6. The topological polar surface area (TPSA) is 144 Å². The predicted octanol–water partition coefficient (Wildman–Crippen LogP) is 4.43. The van der Waals surface area contributed by atoms with Crippen LogP contribution in [0, 0.1) is 12.8 Å². The van der Waals surface area contributed by atoms with E-state index in [1.165, 1.54) is 24.6 Å². The molecule has 1 aliphatic rings. The molecular formula is C29H38N6O5S. The Morgan fingerprint density at radius 3 is 2.39 bits per heavy atom. The first-order chi connectivity index (χ1) is 19.2. The van der Waals surface area contributed by atoms with E-state index in [0.717, 1.165) is 30.2 Å². The maximum atomic E-state index is 13.4. The molecule has 0 unspecified atom stereocenters. The van der Waals surface area contributed by atoms with E-state index >= 15 is 0 Å². The molecule has 12 heteroatoms. The summed E-state index contributed by atoms with van der Waals surface area (Å²) in [6.07, 6.45) is 7.26. The third kappa shape index (κ3) is 7.43. The fourth-order valence-corrected chi connectivity index (χ4v) is 5.42. The van der Waals surface area contributed by atoms with Gasteiger partial charge in [-0.05, 0) is 66.5 Å². The summed E-state index contributed by atoms with van der Waals surface area (Å²) < 4.78 is 33.6. The number of sulfonamides is 1. The summed E-state index contributed by atoms with van der Waals surface area (Å²) in [5.74, 6) is -0.0179. The predicted molar refractivity (Wildman–Crippen MR) is 159 cm³/mol. The number of anilines is 2. The van der Waals surface area contributed by atoms with Crippen LogP contribution in [0.1, 0.15) is 78.4 Å². The quantitative estimate of drug-likeness (QED) is 0.339. The van der Waals surface area contributed by atoms with Gasteiger partial charge in [0.25, 0.3) is 11.8 Å². The molecule has 4 rings (SSSR count). The molecule has 0 atom stereocenters. The number of nitrogens with one attached hydrogen (secondary N) is 3. The lowest BCUT2D eigenvalue weighted by Crippen LogP contribution is -2.28. The lowest BCUT2D eigenvalue weighted by molar-refractivity contribution is 0.0941. The molecule has 0 radical (unpaired) electrons. The van der Waals surface area contributed by atoms with E-state index in [1.807, 2.05) is 27.7 Å². The van der Waals surface area contributed by atoms with E-state index in [4.69, 9.17) is 4.74 Å². The minimum absolute atomic E-state index is 0.189. The van der Waals surface area contributed by atoms with Crippen molar-refractivity contribution in [1.29, 1.82) is 0 Å². The zero-order valence-corrected chi connectivity index (χ0v) is 25.2. The zero-order valence-electron chi connectivity index (χ0n) is 24.4. The minimum atomic E-state index is -3.61. The lowest BCUT2D eigenvalue weighted by atomic mass is 9.86. The number of amides is 2. The van der Waals surface area contributed by atoms with Crippen LogP contribution in [0.2, 0.25) is 0 Å². The average Bonchev–Trinajstić information content (AvgIpc) is 3.58. The van der Waals surface area contributed by atoms with Crippen molar-refractivity contribution in [2.24, 2.45) is 5.92 Å². The number of methoxy groups -OCH3 is 1. The number of aromatic nitrogens is 3. The number of benzene rings is 2.